The van der Waals surface area contributed by atoms with Crippen molar-refractivity contribution in [2.24, 2.45) is 11.0 Å². The van der Waals surface area contributed by atoms with E-state index in [1.54, 1.807) is 0 Å². The number of anilines is 1. The van der Waals surface area contributed by atoms with Gasteiger partial charge in [-0.05, 0) is 19.4 Å². The molecule has 2 unspecified atom stereocenters. The second kappa shape index (κ2) is 7.22. The quantitative estimate of drug-likeness (QED) is 0.568. The van der Waals surface area contributed by atoms with Crippen LogP contribution in [0.5, 0.6) is 0 Å². The molecule has 0 saturated carbocycles. The summed E-state index contributed by atoms with van der Waals surface area (Å²) in [4.78, 5) is 12.4. The number of hydrazone groups is 1. The Kier molecular flexibility index (Phi) is 5.59. The predicted molar refractivity (Wildman–Crippen MR) is 76.9 cm³/mol. The van der Waals surface area contributed by atoms with Gasteiger partial charge >= 0.3 is 0 Å². The molecular weight excluding hydrogens is 373 g/mol. The van der Waals surface area contributed by atoms with Crippen molar-refractivity contribution in [1.82, 2.24) is 0 Å². The Hall–Kier alpha value is -2.17. The lowest BCUT2D eigenvalue weighted by molar-refractivity contribution is -0.122. The first kappa shape index (κ1) is 20.1. The molecular formula is C15H13F7N2O2. The van der Waals surface area contributed by atoms with Crippen LogP contribution in [0.25, 0.3) is 0 Å². The monoisotopic (exact) mass is 386 g/mol. The van der Waals surface area contributed by atoms with E-state index in [1.807, 2.05) is 0 Å². The van der Waals surface area contributed by atoms with Gasteiger partial charge in [-0.1, -0.05) is 0 Å². The molecule has 0 aromatic heterocycles. The number of ether oxygens (including phenoxy) is 1. The SMILES string of the molecule is COC(C)C1C(=O)N(c2c(F)c(C)c(C(F)F)c(F)c2F)N=C1C(F)F. The van der Waals surface area contributed by atoms with Crippen LogP contribution in [-0.2, 0) is 9.53 Å². The van der Waals surface area contributed by atoms with Gasteiger partial charge in [-0.2, -0.15) is 10.1 Å². The molecule has 4 nitrogen and oxygen atoms in total. The number of nitrogens with zero attached hydrogens (tertiary/aromatic N) is 2. The molecule has 0 aliphatic carbocycles. The molecule has 1 amide bonds. The van der Waals surface area contributed by atoms with E-state index in [2.05, 4.69) is 5.10 Å². The van der Waals surface area contributed by atoms with Crippen LogP contribution in [0.1, 0.15) is 24.5 Å². The average molecular weight is 386 g/mol. The van der Waals surface area contributed by atoms with Gasteiger partial charge < -0.3 is 4.74 Å². The maximum Gasteiger partial charge on any atom is 0.279 e. The third kappa shape index (κ3) is 3.04. The van der Waals surface area contributed by atoms with Crippen LogP contribution in [0.2, 0.25) is 0 Å². The summed E-state index contributed by atoms with van der Waals surface area (Å²) >= 11 is 0. The highest BCUT2D eigenvalue weighted by molar-refractivity contribution is 6.17. The van der Waals surface area contributed by atoms with Crippen LogP contribution in [-0.4, -0.2) is 31.3 Å². The molecule has 11 heteroatoms. The van der Waals surface area contributed by atoms with E-state index in [0.29, 0.717) is 0 Å². The van der Waals surface area contributed by atoms with Gasteiger partial charge in [0.05, 0.1) is 11.7 Å². The highest BCUT2D eigenvalue weighted by Crippen LogP contribution is 2.38. The Morgan fingerprint density at radius 1 is 1.04 bits per heavy atom. The van der Waals surface area contributed by atoms with Crippen LogP contribution in [0.4, 0.5) is 36.4 Å². The first-order valence-electron chi connectivity index (χ1n) is 7.22. The molecule has 2 rings (SSSR count). The van der Waals surface area contributed by atoms with Gasteiger partial charge in [0.15, 0.2) is 17.5 Å². The number of carbonyl (C=O) groups excluding carboxylic acids is 1. The topological polar surface area (TPSA) is 41.9 Å². The van der Waals surface area contributed by atoms with E-state index in [9.17, 15) is 35.5 Å². The Bertz CT molecular complexity index is 738. The highest BCUT2D eigenvalue weighted by Gasteiger charge is 2.46. The van der Waals surface area contributed by atoms with E-state index in [4.69, 9.17) is 4.74 Å². The molecule has 1 aliphatic heterocycles. The number of halogens is 7. The maximum absolute atomic E-state index is 14.4. The summed E-state index contributed by atoms with van der Waals surface area (Å²) in [7, 11) is 1.12. The van der Waals surface area contributed by atoms with E-state index in [-0.39, 0.29) is 5.01 Å². The Balaban J connectivity index is 2.67. The zero-order valence-corrected chi connectivity index (χ0v) is 13.7. The third-order valence-electron chi connectivity index (χ3n) is 4.08. The fourth-order valence-corrected chi connectivity index (χ4v) is 2.63. The first-order valence-corrected chi connectivity index (χ1v) is 7.22. The van der Waals surface area contributed by atoms with Crippen LogP contribution in [0, 0.1) is 30.3 Å². The van der Waals surface area contributed by atoms with Gasteiger partial charge in [0, 0.05) is 7.11 Å². The van der Waals surface area contributed by atoms with Crippen molar-refractivity contribution in [3.8, 4) is 0 Å². The first-order chi connectivity index (χ1) is 12.0. The lowest BCUT2D eigenvalue weighted by Crippen LogP contribution is -2.38. The summed E-state index contributed by atoms with van der Waals surface area (Å²) in [5.41, 5.74) is -4.94. The molecule has 0 bridgehead atoms. The fourth-order valence-electron chi connectivity index (χ4n) is 2.63. The van der Waals surface area contributed by atoms with Crippen molar-refractivity contribution >= 4 is 17.3 Å². The van der Waals surface area contributed by atoms with Crippen LogP contribution in [0.3, 0.4) is 0 Å². The van der Waals surface area contributed by atoms with Crippen molar-refractivity contribution in [2.45, 2.75) is 32.8 Å². The molecule has 1 heterocycles. The van der Waals surface area contributed by atoms with E-state index in [0.717, 1.165) is 14.0 Å². The van der Waals surface area contributed by atoms with Crippen molar-refractivity contribution < 1.29 is 40.3 Å². The van der Waals surface area contributed by atoms with Gasteiger partial charge in [0.1, 0.15) is 17.3 Å². The summed E-state index contributed by atoms with van der Waals surface area (Å²) in [6.07, 6.45) is -7.91. The largest absolute Gasteiger partial charge is 0.381 e. The zero-order chi connectivity index (χ0) is 19.9. The van der Waals surface area contributed by atoms with Gasteiger partial charge in [-0.15, -0.1) is 0 Å². The summed E-state index contributed by atoms with van der Waals surface area (Å²) in [6, 6.07) is 0. The molecule has 1 aromatic rings. The highest BCUT2D eigenvalue weighted by atomic mass is 19.3. The number of rotatable bonds is 5. The average Bonchev–Trinajstić information content (AvgIpc) is 2.90. The lowest BCUT2D eigenvalue weighted by atomic mass is 9.97. The lowest BCUT2D eigenvalue weighted by Gasteiger charge is -2.21. The van der Waals surface area contributed by atoms with E-state index in [1.165, 1.54) is 6.92 Å². The third-order valence-corrected chi connectivity index (χ3v) is 4.08. The van der Waals surface area contributed by atoms with E-state index < -0.39 is 70.8 Å². The second-order valence-corrected chi connectivity index (χ2v) is 5.52. The number of hydrogen-bond donors (Lipinski definition) is 0. The van der Waals surface area contributed by atoms with Crippen molar-refractivity contribution in [3.05, 3.63) is 28.6 Å². The predicted octanol–water partition coefficient (Wildman–Crippen LogP) is 3.97. The maximum atomic E-state index is 14.4. The summed E-state index contributed by atoms with van der Waals surface area (Å²) < 4.78 is 99.3. The molecule has 2 atom stereocenters. The van der Waals surface area contributed by atoms with Crippen molar-refractivity contribution in [3.63, 3.8) is 0 Å². The van der Waals surface area contributed by atoms with Crippen LogP contribution in [0.15, 0.2) is 5.10 Å². The Morgan fingerprint density at radius 3 is 2.08 bits per heavy atom. The second-order valence-electron chi connectivity index (χ2n) is 5.52. The standard InChI is InChI=1S/C15H13F7N2O2/c1-4-6(13(19)20)9(17)10(18)12(8(4)16)24-15(25)7(5(2)26-3)11(23-24)14(21)22/h5,7,13-14H,1-3H3. The number of alkyl halides is 4. The fraction of sp³-hybridized carbons (Fsp3) is 0.467. The van der Waals surface area contributed by atoms with Gasteiger partial charge in [-0.3, -0.25) is 4.79 Å². The molecule has 1 aliphatic rings. The molecule has 0 saturated heterocycles. The van der Waals surface area contributed by atoms with Gasteiger partial charge in [-0.25, -0.2) is 30.7 Å². The van der Waals surface area contributed by atoms with Gasteiger partial charge in [0.25, 0.3) is 18.8 Å². The molecule has 26 heavy (non-hydrogen) atoms. The number of methoxy groups -OCH3 is 1. The minimum absolute atomic E-state index is 0.0717. The normalized spacial score (nSPS) is 18.9. The minimum Gasteiger partial charge on any atom is -0.381 e. The minimum atomic E-state index is -3.52. The van der Waals surface area contributed by atoms with Gasteiger partial charge in [0.2, 0.25) is 0 Å². The van der Waals surface area contributed by atoms with Crippen LogP contribution < -0.4 is 5.01 Å². The number of hydrogen-bond acceptors (Lipinski definition) is 3. The Morgan fingerprint density at radius 2 is 1.62 bits per heavy atom. The molecule has 0 radical (unpaired) electrons. The zero-order valence-electron chi connectivity index (χ0n) is 13.7. The van der Waals surface area contributed by atoms with Crippen LogP contribution >= 0.6 is 0 Å². The molecule has 144 valence electrons. The number of carbonyl (C=O) groups is 1. The number of amides is 1. The molecule has 0 N–H and O–H groups in total. The Labute approximate surface area is 143 Å². The summed E-state index contributed by atoms with van der Waals surface area (Å²) in [5, 5.41) is 3.13. The molecule has 0 fully saturated rings. The summed E-state index contributed by atoms with van der Waals surface area (Å²) in [6.45, 7) is 2.00. The van der Waals surface area contributed by atoms with E-state index >= 15 is 0 Å². The smallest absolute Gasteiger partial charge is 0.279 e. The molecule has 0 spiro atoms. The number of benzene rings is 1. The molecule has 1 aromatic carbocycles. The summed E-state index contributed by atoms with van der Waals surface area (Å²) in [5.74, 6) is -8.87. The van der Waals surface area contributed by atoms with Crippen molar-refractivity contribution in [2.75, 3.05) is 12.1 Å². The van der Waals surface area contributed by atoms with Crippen molar-refractivity contribution in [1.29, 1.82) is 0 Å².